The van der Waals surface area contributed by atoms with E-state index in [2.05, 4.69) is 4.98 Å². The average molecular weight is 297 g/mol. The maximum absolute atomic E-state index is 12.3. The zero-order valence-electron chi connectivity index (χ0n) is 11.3. The van der Waals surface area contributed by atoms with Crippen molar-refractivity contribution in [2.45, 2.75) is 26.2 Å². The SMILES string of the molecule is CCCC1(C(=O)O)CCN(C(=O)c2ccc(Cl)nc2)C1. The van der Waals surface area contributed by atoms with Crippen molar-refractivity contribution < 1.29 is 14.7 Å². The van der Waals surface area contributed by atoms with E-state index >= 15 is 0 Å². The van der Waals surface area contributed by atoms with Crippen molar-refractivity contribution in [3.8, 4) is 0 Å². The predicted octanol–water partition coefficient (Wildman–Crippen LogP) is 2.45. The van der Waals surface area contributed by atoms with Crippen LogP contribution in [0.15, 0.2) is 18.3 Å². The lowest BCUT2D eigenvalue weighted by atomic mass is 9.83. The number of carboxylic acids is 1. The summed E-state index contributed by atoms with van der Waals surface area (Å²) < 4.78 is 0. The summed E-state index contributed by atoms with van der Waals surface area (Å²) in [4.78, 5) is 29.3. The van der Waals surface area contributed by atoms with E-state index in [0.717, 1.165) is 6.42 Å². The minimum Gasteiger partial charge on any atom is -0.481 e. The Balaban J connectivity index is 2.14. The summed E-state index contributed by atoms with van der Waals surface area (Å²) in [6.45, 7) is 2.68. The number of pyridine rings is 1. The first-order valence-electron chi connectivity index (χ1n) is 6.63. The third-order valence-corrected chi connectivity index (χ3v) is 4.02. The molecule has 0 bridgehead atoms. The molecule has 0 radical (unpaired) electrons. The van der Waals surface area contributed by atoms with Crippen LogP contribution >= 0.6 is 11.6 Å². The monoisotopic (exact) mass is 296 g/mol. The van der Waals surface area contributed by atoms with Gasteiger partial charge in [0, 0.05) is 19.3 Å². The van der Waals surface area contributed by atoms with Gasteiger partial charge in [-0.25, -0.2) is 4.98 Å². The van der Waals surface area contributed by atoms with Crippen LogP contribution in [0.5, 0.6) is 0 Å². The molecule has 0 aromatic carbocycles. The highest BCUT2D eigenvalue weighted by molar-refractivity contribution is 6.29. The highest BCUT2D eigenvalue weighted by Crippen LogP contribution is 2.36. The Kier molecular flexibility index (Phi) is 4.28. The van der Waals surface area contributed by atoms with Crippen molar-refractivity contribution >= 4 is 23.5 Å². The van der Waals surface area contributed by atoms with Crippen molar-refractivity contribution in [3.05, 3.63) is 29.0 Å². The molecule has 1 aliphatic heterocycles. The maximum Gasteiger partial charge on any atom is 0.311 e. The lowest BCUT2D eigenvalue weighted by Gasteiger charge is -2.24. The van der Waals surface area contributed by atoms with Crippen molar-refractivity contribution in [1.82, 2.24) is 9.88 Å². The Hall–Kier alpha value is -1.62. The molecule has 5 nitrogen and oxygen atoms in total. The summed E-state index contributed by atoms with van der Waals surface area (Å²) >= 11 is 5.69. The first kappa shape index (κ1) is 14.8. The number of likely N-dealkylation sites (tertiary alicyclic amines) is 1. The first-order chi connectivity index (χ1) is 9.48. The van der Waals surface area contributed by atoms with Crippen molar-refractivity contribution in [1.29, 1.82) is 0 Å². The van der Waals surface area contributed by atoms with Crippen LogP contribution in [0, 0.1) is 5.41 Å². The third kappa shape index (κ3) is 2.77. The number of rotatable bonds is 4. The predicted molar refractivity (Wildman–Crippen MR) is 74.7 cm³/mol. The Morgan fingerprint density at radius 2 is 2.25 bits per heavy atom. The molecular formula is C14H17ClN2O3. The third-order valence-electron chi connectivity index (χ3n) is 3.80. The summed E-state index contributed by atoms with van der Waals surface area (Å²) in [5.41, 5.74) is -0.364. The van der Waals surface area contributed by atoms with Crippen molar-refractivity contribution in [2.75, 3.05) is 13.1 Å². The molecule has 1 amide bonds. The second-order valence-electron chi connectivity index (χ2n) is 5.18. The fourth-order valence-corrected chi connectivity index (χ4v) is 2.81. The van der Waals surface area contributed by atoms with Crippen LogP contribution in [0.25, 0.3) is 0 Å². The molecule has 0 aliphatic carbocycles. The Labute approximate surface area is 122 Å². The number of carbonyl (C=O) groups is 2. The Morgan fingerprint density at radius 3 is 2.80 bits per heavy atom. The number of amides is 1. The van der Waals surface area contributed by atoms with Crippen LogP contribution in [0.2, 0.25) is 5.15 Å². The molecule has 20 heavy (non-hydrogen) atoms. The zero-order valence-corrected chi connectivity index (χ0v) is 12.1. The molecule has 1 aromatic heterocycles. The summed E-state index contributed by atoms with van der Waals surface area (Å²) in [6.07, 6.45) is 3.30. The number of hydrogen-bond donors (Lipinski definition) is 1. The quantitative estimate of drug-likeness (QED) is 0.866. The van der Waals surface area contributed by atoms with Crippen molar-refractivity contribution in [3.63, 3.8) is 0 Å². The van der Waals surface area contributed by atoms with E-state index in [0.29, 0.717) is 30.1 Å². The minimum absolute atomic E-state index is 0.187. The van der Waals surface area contributed by atoms with Gasteiger partial charge >= 0.3 is 5.97 Å². The summed E-state index contributed by atoms with van der Waals surface area (Å²) in [5, 5.41) is 9.76. The van der Waals surface area contributed by atoms with Gasteiger partial charge in [-0.3, -0.25) is 9.59 Å². The Bertz CT molecular complexity index is 518. The number of carboxylic acid groups (broad SMARTS) is 1. The Morgan fingerprint density at radius 1 is 1.50 bits per heavy atom. The van der Waals surface area contributed by atoms with Gasteiger partial charge < -0.3 is 10.0 Å². The van der Waals surface area contributed by atoms with Crippen LogP contribution in [-0.2, 0) is 4.79 Å². The van der Waals surface area contributed by atoms with Gasteiger partial charge in [-0.05, 0) is 25.0 Å². The van der Waals surface area contributed by atoms with Crippen molar-refractivity contribution in [2.24, 2.45) is 5.41 Å². The van der Waals surface area contributed by atoms with Crippen LogP contribution in [0.3, 0.4) is 0 Å². The molecule has 1 aliphatic rings. The second-order valence-corrected chi connectivity index (χ2v) is 5.57. The first-order valence-corrected chi connectivity index (χ1v) is 7.00. The lowest BCUT2D eigenvalue weighted by Crippen LogP contribution is -2.36. The van der Waals surface area contributed by atoms with E-state index in [1.165, 1.54) is 6.20 Å². The van der Waals surface area contributed by atoms with Gasteiger partial charge in [-0.1, -0.05) is 24.9 Å². The van der Waals surface area contributed by atoms with E-state index < -0.39 is 11.4 Å². The topological polar surface area (TPSA) is 70.5 Å². The van der Waals surface area contributed by atoms with Gasteiger partial charge in [-0.2, -0.15) is 0 Å². The largest absolute Gasteiger partial charge is 0.481 e. The number of carbonyl (C=O) groups excluding carboxylic acids is 1. The number of aromatic nitrogens is 1. The minimum atomic E-state index is -0.816. The fraction of sp³-hybridized carbons (Fsp3) is 0.500. The second kappa shape index (κ2) is 5.79. The molecule has 108 valence electrons. The highest BCUT2D eigenvalue weighted by Gasteiger charge is 2.45. The van der Waals surface area contributed by atoms with Crippen LogP contribution in [0.1, 0.15) is 36.5 Å². The van der Waals surface area contributed by atoms with Crippen LogP contribution in [0.4, 0.5) is 0 Å². The van der Waals surface area contributed by atoms with E-state index in [4.69, 9.17) is 11.6 Å². The molecule has 1 N–H and O–H groups in total. The molecule has 1 atom stereocenters. The molecular weight excluding hydrogens is 280 g/mol. The van der Waals surface area contributed by atoms with Gasteiger partial charge in [0.15, 0.2) is 0 Å². The smallest absolute Gasteiger partial charge is 0.311 e. The lowest BCUT2D eigenvalue weighted by molar-refractivity contribution is -0.148. The molecule has 1 saturated heterocycles. The molecule has 2 rings (SSSR count). The molecule has 1 fully saturated rings. The van der Waals surface area contributed by atoms with E-state index in [9.17, 15) is 14.7 Å². The molecule has 0 saturated carbocycles. The van der Waals surface area contributed by atoms with E-state index in [1.807, 2.05) is 6.92 Å². The molecule has 1 aromatic rings. The standard InChI is InChI=1S/C14H17ClN2O3/c1-2-5-14(13(19)20)6-7-17(9-14)12(18)10-3-4-11(15)16-8-10/h3-4,8H,2,5-7,9H2,1H3,(H,19,20). The fourth-order valence-electron chi connectivity index (χ4n) is 2.69. The van der Waals surface area contributed by atoms with E-state index in [-0.39, 0.29) is 12.5 Å². The molecule has 1 unspecified atom stereocenters. The number of hydrogen-bond acceptors (Lipinski definition) is 3. The van der Waals surface area contributed by atoms with Crippen LogP contribution < -0.4 is 0 Å². The van der Waals surface area contributed by atoms with Gasteiger partial charge in [0.2, 0.25) is 0 Å². The average Bonchev–Trinajstić information content (AvgIpc) is 2.85. The number of aliphatic carboxylic acids is 1. The number of nitrogens with zero attached hydrogens (tertiary/aromatic N) is 2. The maximum atomic E-state index is 12.3. The normalized spacial score (nSPS) is 22.0. The van der Waals surface area contributed by atoms with Gasteiger partial charge in [-0.15, -0.1) is 0 Å². The zero-order chi connectivity index (χ0) is 14.8. The molecule has 0 spiro atoms. The van der Waals surface area contributed by atoms with Crippen LogP contribution in [-0.4, -0.2) is 40.0 Å². The van der Waals surface area contributed by atoms with Gasteiger partial charge in [0.25, 0.3) is 5.91 Å². The van der Waals surface area contributed by atoms with Gasteiger partial charge in [0.1, 0.15) is 5.15 Å². The summed E-state index contributed by atoms with van der Waals surface area (Å²) in [6, 6.07) is 3.17. The number of halogens is 1. The van der Waals surface area contributed by atoms with E-state index in [1.54, 1.807) is 17.0 Å². The molecule has 2 heterocycles. The highest BCUT2D eigenvalue weighted by atomic mass is 35.5. The van der Waals surface area contributed by atoms with Gasteiger partial charge in [0.05, 0.1) is 11.0 Å². The summed E-state index contributed by atoms with van der Waals surface area (Å²) in [7, 11) is 0. The molecule has 6 heteroatoms. The summed E-state index contributed by atoms with van der Waals surface area (Å²) in [5.74, 6) is -1.00.